The predicted octanol–water partition coefficient (Wildman–Crippen LogP) is 5.03. The molecule has 0 radical (unpaired) electrons. The molecule has 3 heteroatoms. The average molecular weight is 316 g/mol. The lowest BCUT2D eigenvalue weighted by Crippen LogP contribution is -2.31. The zero-order valence-electron chi connectivity index (χ0n) is 13.7. The molecule has 0 amide bonds. The molecule has 0 bridgehead atoms. The van der Waals surface area contributed by atoms with Gasteiger partial charge in [-0.1, -0.05) is 39.0 Å². The molecule has 0 saturated heterocycles. The van der Waals surface area contributed by atoms with E-state index >= 15 is 0 Å². The molecule has 0 fully saturated rings. The van der Waals surface area contributed by atoms with Gasteiger partial charge in [0.05, 0.1) is 7.11 Å². The van der Waals surface area contributed by atoms with Gasteiger partial charge in [0.1, 0.15) is 11.5 Å². The lowest BCUT2D eigenvalue weighted by atomic mass is 9.78. The minimum Gasteiger partial charge on any atom is -0.508 e. The Morgan fingerprint density at radius 3 is 2.41 bits per heavy atom. The van der Waals surface area contributed by atoms with E-state index < -0.39 is 0 Å². The first-order chi connectivity index (χ1) is 10.6. The standard InChI is InChI=1S/C17H18O2S.C2H6/c1-17(13-4-7-15(19-2)8-5-13)10-12-3-6-14(18)9-16(12)20-11-17;1-2/h3-9,18H,10-11H2,1-2H3;1-2H3/t17-;/m1./s1. The Hall–Kier alpha value is -1.61. The summed E-state index contributed by atoms with van der Waals surface area (Å²) in [6.07, 6.45) is 1.00. The van der Waals surface area contributed by atoms with E-state index in [4.69, 9.17) is 4.74 Å². The molecule has 3 rings (SSSR count). The topological polar surface area (TPSA) is 29.5 Å². The molecule has 0 aromatic heterocycles. The van der Waals surface area contributed by atoms with Crippen LogP contribution in [0.3, 0.4) is 0 Å². The van der Waals surface area contributed by atoms with Gasteiger partial charge in [0, 0.05) is 16.1 Å². The van der Waals surface area contributed by atoms with Crippen molar-refractivity contribution in [1.82, 2.24) is 0 Å². The van der Waals surface area contributed by atoms with Crippen LogP contribution in [0.2, 0.25) is 0 Å². The van der Waals surface area contributed by atoms with Crippen molar-refractivity contribution in [3.8, 4) is 11.5 Å². The van der Waals surface area contributed by atoms with Gasteiger partial charge < -0.3 is 9.84 Å². The van der Waals surface area contributed by atoms with Gasteiger partial charge in [-0.3, -0.25) is 0 Å². The third-order valence-corrected chi connectivity index (χ3v) is 5.44. The monoisotopic (exact) mass is 316 g/mol. The molecule has 0 unspecified atom stereocenters. The molecule has 1 atom stereocenters. The molecule has 1 aliphatic heterocycles. The summed E-state index contributed by atoms with van der Waals surface area (Å²) in [4.78, 5) is 1.20. The number of phenolic OH excluding ortho intramolecular Hbond substituents is 1. The first kappa shape index (κ1) is 16.8. The number of rotatable bonds is 2. The molecule has 0 saturated carbocycles. The molecule has 2 aromatic rings. The fourth-order valence-electron chi connectivity index (χ4n) is 2.71. The van der Waals surface area contributed by atoms with Crippen LogP contribution < -0.4 is 4.74 Å². The van der Waals surface area contributed by atoms with Crippen LogP contribution in [0.1, 0.15) is 31.9 Å². The second kappa shape index (κ2) is 7.10. The molecule has 1 aliphatic rings. The number of hydrogen-bond acceptors (Lipinski definition) is 3. The van der Waals surface area contributed by atoms with Crippen LogP contribution in [-0.2, 0) is 11.8 Å². The summed E-state index contributed by atoms with van der Waals surface area (Å²) in [5, 5.41) is 9.57. The highest BCUT2D eigenvalue weighted by Gasteiger charge is 2.32. The molecule has 0 aliphatic carbocycles. The molecular formula is C19H24O2S. The lowest BCUT2D eigenvalue weighted by Gasteiger charge is -2.35. The highest BCUT2D eigenvalue weighted by atomic mass is 32.2. The van der Waals surface area contributed by atoms with E-state index in [0.717, 1.165) is 17.9 Å². The lowest BCUT2D eigenvalue weighted by molar-refractivity contribution is 0.414. The summed E-state index contributed by atoms with van der Waals surface area (Å²) in [6.45, 7) is 6.30. The zero-order valence-corrected chi connectivity index (χ0v) is 14.5. The minimum atomic E-state index is 0.126. The van der Waals surface area contributed by atoms with Crippen LogP contribution in [-0.4, -0.2) is 18.0 Å². The van der Waals surface area contributed by atoms with Crippen molar-refractivity contribution in [1.29, 1.82) is 0 Å². The molecule has 2 nitrogen and oxygen atoms in total. The Labute approximate surface area is 137 Å². The van der Waals surface area contributed by atoms with Gasteiger partial charge in [0.25, 0.3) is 0 Å². The highest BCUT2D eigenvalue weighted by molar-refractivity contribution is 7.99. The van der Waals surface area contributed by atoms with Gasteiger partial charge in [-0.25, -0.2) is 0 Å². The van der Waals surface area contributed by atoms with Crippen molar-refractivity contribution in [2.24, 2.45) is 0 Å². The van der Waals surface area contributed by atoms with Crippen LogP contribution in [0.15, 0.2) is 47.4 Å². The SMILES string of the molecule is CC.COc1ccc([C@@]2(C)CSc3cc(O)ccc3C2)cc1. The number of thioether (sulfide) groups is 1. The maximum atomic E-state index is 9.57. The van der Waals surface area contributed by atoms with Crippen LogP contribution in [0, 0.1) is 0 Å². The molecule has 0 spiro atoms. The molecule has 118 valence electrons. The molecule has 1 N–H and O–H groups in total. The minimum absolute atomic E-state index is 0.126. The van der Waals surface area contributed by atoms with Crippen molar-refractivity contribution < 1.29 is 9.84 Å². The van der Waals surface area contributed by atoms with Crippen LogP contribution in [0.25, 0.3) is 0 Å². The number of methoxy groups -OCH3 is 1. The average Bonchev–Trinajstić information content (AvgIpc) is 2.57. The van der Waals surface area contributed by atoms with Crippen LogP contribution in [0.4, 0.5) is 0 Å². The highest BCUT2D eigenvalue weighted by Crippen LogP contribution is 2.43. The van der Waals surface area contributed by atoms with Crippen molar-refractivity contribution in [2.75, 3.05) is 12.9 Å². The van der Waals surface area contributed by atoms with Crippen LogP contribution >= 0.6 is 11.8 Å². The van der Waals surface area contributed by atoms with Crippen molar-refractivity contribution in [3.63, 3.8) is 0 Å². The first-order valence-corrected chi connectivity index (χ1v) is 8.68. The third kappa shape index (κ3) is 3.41. The Bertz CT molecular complexity index is 622. The third-order valence-electron chi connectivity index (χ3n) is 3.96. The van der Waals surface area contributed by atoms with Gasteiger partial charge in [-0.05, 0) is 41.8 Å². The maximum absolute atomic E-state index is 9.57. The predicted molar refractivity (Wildman–Crippen MR) is 94.2 cm³/mol. The van der Waals surface area contributed by atoms with Gasteiger partial charge in [-0.15, -0.1) is 11.8 Å². The first-order valence-electron chi connectivity index (χ1n) is 7.70. The molecule has 22 heavy (non-hydrogen) atoms. The molecule has 2 aromatic carbocycles. The summed E-state index contributed by atoms with van der Waals surface area (Å²) in [5.41, 5.74) is 2.78. The summed E-state index contributed by atoms with van der Waals surface area (Å²) in [5.74, 6) is 2.27. The van der Waals surface area contributed by atoms with E-state index in [9.17, 15) is 5.11 Å². The van der Waals surface area contributed by atoms with Gasteiger partial charge in [0.2, 0.25) is 0 Å². The summed E-state index contributed by atoms with van der Waals surface area (Å²) >= 11 is 1.82. The van der Waals surface area contributed by atoms with Crippen molar-refractivity contribution >= 4 is 11.8 Å². The number of ether oxygens (including phenoxy) is 1. The van der Waals surface area contributed by atoms with Crippen molar-refractivity contribution in [2.45, 2.75) is 37.5 Å². The van der Waals surface area contributed by atoms with Crippen molar-refractivity contribution in [3.05, 3.63) is 53.6 Å². The fourth-order valence-corrected chi connectivity index (χ4v) is 3.98. The Balaban J connectivity index is 0.000000847. The molecule has 1 heterocycles. The number of fused-ring (bicyclic) bond motifs is 1. The second-order valence-corrected chi connectivity index (χ2v) is 6.56. The Morgan fingerprint density at radius 2 is 1.77 bits per heavy atom. The Kier molecular flexibility index (Phi) is 5.41. The quantitative estimate of drug-likeness (QED) is 0.842. The maximum Gasteiger partial charge on any atom is 0.118 e. The largest absolute Gasteiger partial charge is 0.508 e. The fraction of sp³-hybridized carbons (Fsp3) is 0.368. The number of phenols is 1. The Morgan fingerprint density at radius 1 is 1.09 bits per heavy atom. The van der Waals surface area contributed by atoms with E-state index in [0.29, 0.717) is 5.75 Å². The summed E-state index contributed by atoms with van der Waals surface area (Å²) in [7, 11) is 1.69. The number of benzene rings is 2. The summed E-state index contributed by atoms with van der Waals surface area (Å²) < 4.78 is 5.23. The van der Waals surface area contributed by atoms with E-state index in [1.165, 1.54) is 16.0 Å². The van der Waals surface area contributed by atoms with Crippen LogP contribution in [0.5, 0.6) is 11.5 Å². The van der Waals surface area contributed by atoms with Gasteiger partial charge >= 0.3 is 0 Å². The normalized spacial score (nSPS) is 19.6. The van der Waals surface area contributed by atoms with E-state index in [1.54, 1.807) is 13.2 Å². The smallest absolute Gasteiger partial charge is 0.118 e. The van der Waals surface area contributed by atoms with E-state index in [1.807, 2.05) is 49.9 Å². The second-order valence-electron chi connectivity index (χ2n) is 5.55. The van der Waals surface area contributed by atoms with E-state index in [2.05, 4.69) is 19.1 Å². The summed E-state index contributed by atoms with van der Waals surface area (Å²) in [6, 6.07) is 14.1. The van der Waals surface area contributed by atoms with Gasteiger partial charge in [-0.2, -0.15) is 0 Å². The number of aromatic hydroxyl groups is 1. The zero-order chi connectivity index (χ0) is 16.2. The van der Waals surface area contributed by atoms with E-state index in [-0.39, 0.29) is 5.41 Å². The van der Waals surface area contributed by atoms with Gasteiger partial charge in [0.15, 0.2) is 0 Å². The molecular weight excluding hydrogens is 292 g/mol. The number of hydrogen-bond donors (Lipinski definition) is 1.